The average Bonchev–Trinajstić information content (AvgIpc) is 3.01. The molecule has 0 fully saturated rings. The number of nitrogens with zero attached hydrogens (tertiary/aromatic N) is 5. The highest BCUT2D eigenvalue weighted by atomic mass is 19.3. The number of pyridine rings is 1. The van der Waals surface area contributed by atoms with Crippen molar-refractivity contribution in [3.63, 3.8) is 0 Å². The predicted molar refractivity (Wildman–Crippen MR) is 88.7 cm³/mol. The lowest BCUT2D eigenvalue weighted by Gasteiger charge is -2.21. The SMILES string of the molecule is Cc1cc(N(C)Cc2nccn2C(F)F)c2cccc([N+](=O)[O-])c2n1. The predicted octanol–water partition coefficient (Wildman–Crippen LogP) is 3.68. The monoisotopic (exact) mass is 347 g/mol. The van der Waals surface area contributed by atoms with E-state index in [4.69, 9.17) is 0 Å². The molecule has 0 spiro atoms. The van der Waals surface area contributed by atoms with E-state index < -0.39 is 11.5 Å². The number of halogens is 2. The van der Waals surface area contributed by atoms with Crippen LogP contribution >= 0.6 is 0 Å². The first-order valence-corrected chi connectivity index (χ1v) is 7.44. The Morgan fingerprint density at radius 1 is 1.40 bits per heavy atom. The molecule has 1 aromatic carbocycles. The summed E-state index contributed by atoms with van der Waals surface area (Å²) in [5.74, 6) is 0.200. The maximum atomic E-state index is 13.0. The third-order valence-electron chi connectivity index (χ3n) is 3.87. The molecule has 25 heavy (non-hydrogen) atoms. The molecule has 7 nitrogen and oxygen atoms in total. The second-order valence-corrected chi connectivity index (χ2v) is 5.60. The molecule has 0 aliphatic carbocycles. The Kier molecular flexibility index (Phi) is 4.30. The Hall–Kier alpha value is -3.10. The number of nitro groups is 1. The summed E-state index contributed by atoms with van der Waals surface area (Å²) in [7, 11) is 1.72. The van der Waals surface area contributed by atoms with Gasteiger partial charge in [0.05, 0.1) is 11.5 Å². The minimum Gasteiger partial charge on any atom is -0.367 e. The number of alkyl halides is 2. The first-order valence-electron chi connectivity index (χ1n) is 7.44. The van der Waals surface area contributed by atoms with Gasteiger partial charge in [0.2, 0.25) is 0 Å². The zero-order valence-electron chi connectivity index (χ0n) is 13.6. The van der Waals surface area contributed by atoms with Gasteiger partial charge < -0.3 is 4.90 Å². The topological polar surface area (TPSA) is 77.1 Å². The van der Waals surface area contributed by atoms with Crippen molar-refractivity contribution < 1.29 is 13.7 Å². The lowest BCUT2D eigenvalue weighted by Crippen LogP contribution is -2.20. The van der Waals surface area contributed by atoms with Gasteiger partial charge in [-0.25, -0.2) is 9.97 Å². The number of hydrogen-bond donors (Lipinski definition) is 0. The number of non-ortho nitro benzene ring substituents is 1. The highest BCUT2D eigenvalue weighted by Gasteiger charge is 2.19. The van der Waals surface area contributed by atoms with Gasteiger partial charge in [-0.3, -0.25) is 14.7 Å². The fraction of sp³-hybridized carbons (Fsp3) is 0.250. The molecule has 2 heterocycles. The zero-order chi connectivity index (χ0) is 18.1. The number of anilines is 1. The van der Waals surface area contributed by atoms with Crippen molar-refractivity contribution in [2.75, 3.05) is 11.9 Å². The van der Waals surface area contributed by atoms with E-state index in [1.807, 2.05) is 0 Å². The van der Waals surface area contributed by atoms with Crippen molar-refractivity contribution in [1.82, 2.24) is 14.5 Å². The van der Waals surface area contributed by atoms with Crippen LogP contribution < -0.4 is 4.90 Å². The minimum atomic E-state index is -2.68. The summed E-state index contributed by atoms with van der Waals surface area (Å²) in [6.45, 7) is -0.824. The molecule has 0 bridgehead atoms. The van der Waals surface area contributed by atoms with Crippen LogP contribution in [-0.4, -0.2) is 26.5 Å². The summed E-state index contributed by atoms with van der Waals surface area (Å²) < 4.78 is 26.8. The number of nitro benzene ring substituents is 1. The normalized spacial score (nSPS) is 11.2. The number of imidazole rings is 1. The molecule has 0 amide bonds. The summed E-state index contributed by atoms with van der Waals surface area (Å²) in [6, 6.07) is 6.46. The van der Waals surface area contributed by atoms with E-state index in [1.165, 1.54) is 18.5 Å². The zero-order valence-corrected chi connectivity index (χ0v) is 13.6. The molecule has 0 aliphatic rings. The Bertz CT molecular complexity index is 941. The summed E-state index contributed by atoms with van der Waals surface area (Å²) in [4.78, 5) is 20.7. The fourth-order valence-corrected chi connectivity index (χ4v) is 2.74. The maximum absolute atomic E-state index is 13.0. The number of aromatic nitrogens is 3. The number of aryl methyl sites for hydroxylation is 1. The number of para-hydroxylation sites is 1. The van der Waals surface area contributed by atoms with E-state index >= 15 is 0 Å². The van der Waals surface area contributed by atoms with E-state index in [-0.39, 0.29) is 23.6 Å². The first kappa shape index (κ1) is 16.7. The van der Waals surface area contributed by atoms with E-state index in [9.17, 15) is 18.9 Å². The first-order chi connectivity index (χ1) is 11.9. The van der Waals surface area contributed by atoms with Crippen molar-refractivity contribution in [1.29, 1.82) is 0 Å². The number of hydrogen-bond acceptors (Lipinski definition) is 5. The Morgan fingerprint density at radius 3 is 2.84 bits per heavy atom. The van der Waals surface area contributed by atoms with Crippen LogP contribution in [0.4, 0.5) is 20.2 Å². The molecule has 3 rings (SSSR count). The van der Waals surface area contributed by atoms with Crippen LogP contribution in [0.5, 0.6) is 0 Å². The van der Waals surface area contributed by atoms with Gasteiger partial charge in [-0.2, -0.15) is 8.78 Å². The van der Waals surface area contributed by atoms with Gasteiger partial charge in [0, 0.05) is 42.3 Å². The molecule has 0 saturated carbocycles. The lowest BCUT2D eigenvalue weighted by molar-refractivity contribution is -0.383. The van der Waals surface area contributed by atoms with Crippen molar-refractivity contribution in [2.45, 2.75) is 20.0 Å². The number of fused-ring (bicyclic) bond motifs is 1. The maximum Gasteiger partial charge on any atom is 0.319 e. The van der Waals surface area contributed by atoms with E-state index in [2.05, 4.69) is 9.97 Å². The van der Waals surface area contributed by atoms with Crippen LogP contribution in [0.3, 0.4) is 0 Å². The van der Waals surface area contributed by atoms with Gasteiger partial charge in [-0.1, -0.05) is 12.1 Å². The second-order valence-electron chi connectivity index (χ2n) is 5.60. The van der Waals surface area contributed by atoms with Crippen LogP contribution in [0.25, 0.3) is 10.9 Å². The van der Waals surface area contributed by atoms with Crippen molar-refractivity contribution >= 4 is 22.3 Å². The molecule has 0 saturated heterocycles. The molecule has 0 radical (unpaired) electrons. The molecule has 0 aliphatic heterocycles. The van der Waals surface area contributed by atoms with Gasteiger partial charge in [0.1, 0.15) is 5.82 Å². The van der Waals surface area contributed by atoms with Crippen molar-refractivity contribution in [3.05, 3.63) is 58.3 Å². The number of benzene rings is 1. The molecular formula is C16H15F2N5O2. The molecule has 0 unspecified atom stereocenters. The highest BCUT2D eigenvalue weighted by Crippen LogP contribution is 2.32. The molecule has 0 atom stereocenters. The van der Waals surface area contributed by atoms with Gasteiger partial charge in [0.25, 0.3) is 5.69 Å². The van der Waals surface area contributed by atoms with Crippen LogP contribution in [-0.2, 0) is 6.54 Å². The summed E-state index contributed by atoms with van der Waals surface area (Å²) in [5, 5.41) is 11.8. The Labute approximate surface area is 141 Å². The Morgan fingerprint density at radius 2 is 2.16 bits per heavy atom. The molecule has 2 aromatic heterocycles. The Balaban J connectivity index is 2.07. The molecular weight excluding hydrogens is 332 g/mol. The highest BCUT2D eigenvalue weighted by molar-refractivity contribution is 5.97. The lowest BCUT2D eigenvalue weighted by atomic mass is 10.1. The molecule has 130 valence electrons. The smallest absolute Gasteiger partial charge is 0.319 e. The van der Waals surface area contributed by atoms with Gasteiger partial charge in [-0.05, 0) is 13.0 Å². The quantitative estimate of drug-likeness (QED) is 0.520. The molecule has 0 N–H and O–H groups in total. The van der Waals surface area contributed by atoms with Gasteiger partial charge in [-0.15, -0.1) is 0 Å². The van der Waals surface area contributed by atoms with Crippen LogP contribution in [0, 0.1) is 17.0 Å². The van der Waals surface area contributed by atoms with Crippen LogP contribution in [0.1, 0.15) is 18.1 Å². The molecule has 3 aromatic rings. The van der Waals surface area contributed by atoms with Crippen LogP contribution in [0.15, 0.2) is 36.7 Å². The van der Waals surface area contributed by atoms with Crippen LogP contribution in [0.2, 0.25) is 0 Å². The average molecular weight is 347 g/mol. The number of rotatable bonds is 5. The summed E-state index contributed by atoms with van der Waals surface area (Å²) in [6.07, 6.45) is 2.53. The van der Waals surface area contributed by atoms with Crippen molar-refractivity contribution in [3.8, 4) is 0 Å². The largest absolute Gasteiger partial charge is 0.367 e. The second kappa shape index (κ2) is 6.42. The van der Waals surface area contributed by atoms with Gasteiger partial charge >= 0.3 is 6.55 Å². The van der Waals surface area contributed by atoms with E-state index in [0.717, 1.165) is 4.57 Å². The fourth-order valence-electron chi connectivity index (χ4n) is 2.74. The van der Waals surface area contributed by atoms with Crippen molar-refractivity contribution in [2.24, 2.45) is 0 Å². The summed E-state index contributed by atoms with van der Waals surface area (Å²) in [5.41, 5.74) is 1.44. The van der Waals surface area contributed by atoms with Gasteiger partial charge in [0.15, 0.2) is 5.52 Å². The summed E-state index contributed by atoms with van der Waals surface area (Å²) >= 11 is 0. The standard InChI is InChI=1S/C16H15F2N5O2/c1-10-8-13(11-4-3-5-12(23(24)25)15(11)20-10)21(2)9-14-19-6-7-22(14)16(17)18/h3-8,16H,9H2,1-2H3. The minimum absolute atomic E-state index is 0.0927. The van der Waals surface area contributed by atoms with E-state index in [0.29, 0.717) is 16.8 Å². The third kappa shape index (κ3) is 3.12. The third-order valence-corrected chi connectivity index (χ3v) is 3.87. The van der Waals surface area contributed by atoms with E-state index in [1.54, 1.807) is 37.1 Å². The molecule has 9 heteroatoms.